The molecule has 30 heavy (non-hydrogen) atoms. The Morgan fingerprint density at radius 2 is 2.03 bits per heavy atom. The van der Waals surface area contributed by atoms with Crippen molar-refractivity contribution in [2.75, 3.05) is 33.1 Å². The van der Waals surface area contributed by atoms with E-state index in [9.17, 15) is 9.18 Å². The molecule has 0 spiro atoms. The molecule has 0 unspecified atom stereocenters. The predicted molar refractivity (Wildman–Crippen MR) is 116 cm³/mol. The Balaban J connectivity index is 1.94. The van der Waals surface area contributed by atoms with Crippen LogP contribution in [-0.2, 0) is 4.79 Å². The summed E-state index contributed by atoms with van der Waals surface area (Å²) < 4.78 is 24.7. The van der Waals surface area contributed by atoms with Crippen molar-refractivity contribution < 1.29 is 18.7 Å². The third-order valence-corrected chi connectivity index (χ3v) is 4.43. The zero-order valence-corrected chi connectivity index (χ0v) is 17.5. The normalized spacial score (nSPS) is 11.3. The second kappa shape index (κ2) is 9.56. The van der Waals surface area contributed by atoms with E-state index >= 15 is 0 Å². The van der Waals surface area contributed by atoms with Crippen LogP contribution in [0.1, 0.15) is 0 Å². The average molecular weight is 430 g/mol. The number of pyridine rings is 1. The van der Waals surface area contributed by atoms with Gasteiger partial charge in [-0.1, -0.05) is 17.7 Å². The number of fused-ring (bicyclic) bond motifs is 1. The fraction of sp³-hybridized carbons (Fsp3) is 0.182. The number of hydrogen-bond donors (Lipinski definition) is 1. The largest absolute Gasteiger partial charge is 0.494 e. The molecule has 1 aromatic heterocycles. The summed E-state index contributed by atoms with van der Waals surface area (Å²) in [6.45, 7) is 0.643. The van der Waals surface area contributed by atoms with E-state index in [2.05, 4.69) is 10.3 Å². The summed E-state index contributed by atoms with van der Waals surface area (Å²) in [5, 5.41) is 3.42. The van der Waals surface area contributed by atoms with Gasteiger partial charge in [0.15, 0.2) is 0 Å². The van der Waals surface area contributed by atoms with Crippen LogP contribution < -0.4 is 14.8 Å². The molecule has 156 valence electrons. The first-order valence-electron chi connectivity index (χ1n) is 9.09. The molecule has 8 heteroatoms. The predicted octanol–water partition coefficient (Wildman–Crippen LogP) is 4.88. The van der Waals surface area contributed by atoms with Crippen LogP contribution in [0.4, 0.5) is 10.1 Å². The number of benzene rings is 2. The van der Waals surface area contributed by atoms with Crippen LogP contribution in [-0.4, -0.2) is 43.5 Å². The Labute approximate surface area is 178 Å². The lowest BCUT2D eigenvalue weighted by molar-refractivity contribution is -0.111. The lowest BCUT2D eigenvalue weighted by Crippen LogP contribution is -2.13. The number of carbonyl (C=O) groups is 1. The van der Waals surface area contributed by atoms with Crippen LogP contribution in [0.2, 0.25) is 5.02 Å². The number of ether oxygens (including phenoxy) is 2. The summed E-state index contributed by atoms with van der Waals surface area (Å²) in [4.78, 5) is 18.6. The van der Waals surface area contributed by atoms with Gasteiger partial charge in [0.1, 0.15) is 23.1 Å². The van der Waals surface area contributed by atoms with Gasteiger partial charge in [-0.05, 0) is 38.4 Å². The average Bonchev–Trinajstić information content (AvgIpc) is 2.70. The lowest BCUT2D eigenvalue weighted by atomic mass is 10.1. The zero-order chi connectivity index (χ0) is 21.7. The molecule has 2 aromatic carbocycles. The van der Waals surface area contributed by atoms with Crippen molar-refractivity contribution in [3.63, 3.8) is 0 Å². The number of amides is 1. The van der Waals surface area contributed by atoms with E-state index < -0.39 is 5.82 Å². The highest BCUT2D eigenvalue weighted by molar-refractivity contribution is 6.30. The summed E-state index contributed by atoms with van der Waals surface area (Å²) in [6.07, 6.45) is 4.81. The molecule has 0 aliphatic rings. The molecule has 0 aliphatic heterocycles. The maximum Gasteiger partial charge on any atom is 0.248 e. The van der Waals surface area contributed by atoms with Crippen LogP contribution in [0.15, 0.2) is 54.7 Å². The molecular weight excluding hydrogens is 409 g/mol. The molecule has 6 nitrogen and oxygen atoms in total. The zero-order valence-electron chi connectivity index (χ0n) is 16.8. The Morgan fingerprint density at radius 3 is 2.73 bits per heavy atom. The van der Waals surface area contributed by atoms with Gasteiger partial charge in [-0.25, -0.2) is 4.39 Å². The van der Waals surface area contributed by atoms with Crippen molar-refractivity contribution in [3.05, 3.63) is 65.6 Å². The highest BCUT2D eigenvalue weighted by Gasteiger charge is 2.13. The van der Waals surface area contributed by atoms with Crippen LogP contribution in [0.5, 0.6) is 17.2 Å². The third-order valence-electron chi connectivity index (χ3n) is 4.14. The summed E-state index contributed by atoms with van der Waals surface area (Å²) in [5.41, 5.74) is 1.08. The Hall–Kier alpha value is -3.16. The van der Waals surface area contributed by atoms with Gasteiger partial charge >= 0.3 is 0 Å². The van der Waals surface area contributed by atoms with Gasteiger partial charge in [0.05, 0.1) is 23.3 Å². The SMILES string of the molecule is COc1cc2nccc(Oc3ccc(F)c(Cl)c3)c2cc1NC(=O)C=CCN(C)C. The smallest absolute Gasteiger partial charge is 0.248 e. The number of rotatable bonds is 7. The molecule has 0 radical (unpaired) electrons. The number of nitrogens with zero attached hydrogens (tertiary/aromatic N) is 2. The highest BCUT2D eigenvalue weighted by Crippen LogP contribution is 2.36. The second-order valence-corrected chi connectivity index (χ2v) is 7.12. The van der Waals surface area contributed by atoms with Crippen molar-refractivity contribution in [2.45, 2.75) is 0 Å². The van der Waals surface area contributed by atoms with Crippen molar-refractivity contribution in [3.8, 4) is 17.2 Å². The Bertz CT molecular complexity index is 1100. The molecule has 0 aliphatic carbocycles. The molecule has 0 saturated heterocycles. The maximum atomic E-state index is 13.4. The molecule has 0 bridgehead atoms. The van der Waals surface area contributed by atoms with Crippen molar-refractivity contribution in [2.24, 2.45) is 0 Å². The van der Waals surface area contributed by atoms with Gasteiger partial charge in [0.25, 0.3) is 0 Å². The number of nitrogens with one attached hydrogen (secondary N) is 1. The molecule has 1 heterocycles. The summed E-state index contributed by atoms with van der Waals surface area (Å²) in [5.74, 6) is 0.504. The molecule has 3 aromatic rings. The van der Waals surface area contributed by atoms with Crippen LogP contribution in [0, 0.1) is 5.82 Å². The van der Waals surface area contributed by atoms with Crippen LogP contribution in [0.3, 0.4) is 0 Å². The van der Waals surface area contributed by atoms with E-state index in [1.165, 1.54) is 31.4 Å². The number of methoxy groups -OCH3 is 1. The number of anilines is 1. The first kappa shape index (κ1) is 21.5. The van der Waals surface area contributed by atoms with Crippen LogP contribution in [0.25, 0.3) is 10.9 Å². The fourth-order valence-corrected chi connectivity index (χ4v) is 2.89. The van der Waals surface area contributed by atoms with E-state index in [0.717, 1.165) is 0 Å². The quantitative estimate of drug-likeness (QED) is 0.542. The van der Waals surface area contributed by atoms with E-state index in [0.29, 0.717) is 40.4 Å². The molecule has 0 atom stereocenters. The van der Waals surface area contributed by atoms with Crippen molar-refractivity contribution in [1.29, 1.82) is 0 Å². The van der Waals surface area contributed by atoms with Gasteiger partial charge in [-0.3, -0.25) is 9.78 Å². The summed E-state index contributed by atoms with van der Waals surface area (Å²) in [7, 11) is 5.34. The van der Waals surface area contributed by atoms with Gasteiger partial charge < -0.3 is 19.7 Å². The number of aromatic nitrogens is 1. The standard InChI is InChI=1S/C22H21ClFN3O3/c1-27(2)10-4-5-22(28)26-19-12-15-18(13-21(19)29-3)25-9-8-20(15)30-14-6-7-17(24)16(23)11-14/h4-9,11-13H,10H2,1-3H3,(H,26,28). The molecule has 0 saturated carbocycles. The molecule has 1 N–H and O–H groups in total. The van der Waals surface area contributed by atoms with E-state index in [1.807, 2.05) is 19.0 Å². The first-order chi connectivity index (χ1) is 14.4. The summed E-state index contributed by atoms with van der Waals surface area (Å²) in [6, 6.07) is 9.21. The van der Waals surface area contributed by atoms with Gasteiger partial charge in [-0.15, -0.1) is 0 Å². The van der Waals surface area contributed by atoms with Crippen molar-refractivity contribution >= 4 is 34.1 Å². The number of carbonyl (C=O) groups excluding carboxylic acids is 1. The van der Waals surface area contributed by atoms with Gasteiger partial charge in [0.2, 0.25) is 5.91 Å². The highest BCUT2D eigenvalue weighted by atomic mass is 35.5. The molecule has 3 rings (SSSR count). The topological polar surface area (TPSA) is 63.7 Å². The lowest BCUT2D eigenvalue weighted by Gasteiger charge is -2.13. The van der Waals surface area contributed by atoms with Crippen LogP contribution >= 0.6 is 11.6 Å². The number of likely N-dealkylation sites (N-methyl/N-ethyl adjacent to an activating group) is 1. The molecule has 1 amide bonds. The first-order valence-corrected chi connectivity index (χ1v) is 9.47. The Morgan fingerprint density at radius 1 is 1.23 bits per heavy atom. The minimum Gasteiger partial charge on any atom is -0.494 e. The second-order valence-electron chi connectivity index (χ2n) is 6.71. The number of hydrogen-bond acceptors (Lipinski definition) is 5. The Kier molecular flexibility index (Phi) is 6.87. The third kappa shape index (κ3) is 5.25. The maximum absolute atomic E-state index is 13.4. The monoisotopic (exact) mass is 429 g/mol. The van der Waals surface area contributed by atoms with Gasteiger partial charge in [-0.2, -0.15) is 0 Å². The van der Waals surface area contributed by atoms with E-state index in [1.54, 1.807) is 30.5 Å². The number of halogens is 2. The van der Waals surface area contributed by atoms with E-state index in [-0.39, 0.29) is 10.9 Å². The molecular formula is C22H21ClFN3O3. The minimum absolute atomic E-state index is 0.0370. The van der Waals surface area contributed by atoms with E-state index in [4.69, 9.17) is 21.1 Å². The molecule has 0 fully saturated rings. The van der Waals surface area contributed by atoms with Crippen molar-refractivity contribution in [1.82, 2.24) is 9.88 Å². The van der Waals surface area contributed by atoms with Gasteiger partial charge in [0, 0.05) is 36.3 Å². The minimum atomic E-state index is -0.527. The summed E-state index contributed by atoms with van der Waals surface area (Å²) >= 11 is 5.84. The fourth-order valence-electron chi connectivity index (χ4n) is 2.72.